The first-order valence-electron chi connectivity index (χ1n) is 3.35. The van der Waals surface area contributed by atoms with Crippen LogP contribution in [-0.2, 0) is 9.59 Å². The Hall–Kier alpha value is -1.24. The van der Waals surface area contributed by atoms with Crippen molar-refractivity contribution >= 4 is 28.9 Å². The van der Waals surface area contributed by atoms with Gasteiger partial charge in [-0.25, -0.2) is 0 Å². The Kier molecular flexibility index (Phi) is 4.90. The third kappa shape index (κ3) is 5.97. The van der Waals surface area contributed by atoms with Crippen molar-refractivity contribution < 1.29 is 19.8 Å². The van der Waals surface area contributed by atoms with Crippen LogP contribution in [0, 0.1) is 11.3 Å². The number of carboxylic acid groups (broad SMARTS) is 2. The largest absolute Gasteiger partial charge is 0.481 e. The van der Waals surface area contributed by atoms with Gasteiger partial charge in [-0.3, -0.25) is 15.0 Å². The molecule has 1 unspecified atom stereocenters. The molecule has 0 heterocycles. The normalized spacial score (nSPS) is 12.0. The van der Waals surface area contributed by atoms with E-state index in [9.17, 15) is 9.59 Å². The van der Waals surface area contributed by atoms with Crippen molar-refractivity contribution in [2.45, 2.75) is 6.42 Å². The van der Waals surface area contributed by atoms with E-state index >= 15 is 0 Å². The quantitative estimate of drug-likeness (QED) is 0.364. The van der Waals surface area contributed by atoms with Crippen molar-refractivity contribution in [1.82, 2.24) is 0 Å². The molecule has 0 spiro atoms. The smallest absolute Gasteiger partial charge is 0.307 e. The second-order valence-electron chi connectivity index (χ2n) is 2.31. The maximum absolute atomic E-state index is 10.5. The van der Waals surface area contributed by atoms with Crippen molar-refractivity contribution in [3.63, 3.8) is 0 Å². The molecule has 0 aliphatic carbocycles. The molecule has 13 heavy (non-hydrogen) atoms. The molecule has 0 fully saturated rings. The highest BCUT2D eigenvalue weighted by atomic mass is 32.2. The summed E-state index contributed by atoms with van der Waals surface area (Å²) in [5.41, 5.74) is 4.98. The summed E-state index contributed by atoms with van der Waals surface area (Å²) in [6, 6.07) is 0. The third-order valence-corrected chi connectivity index (χ3v) is 2.09. The minimum Gasteiger partial charge on any atom is -0.481 e. The molecule has 0 rings (SSSR count). The Morgan fingerprint density at radius 3 is 2.31 bits per heavy atom. The number of aliphatic carboxylic acids is 2. The lowest BCUT2D eigenvalue weighted by Gasteiger charge is -2.07. The predicted molar refractivity (Wildman–Crippen MR) is 47.8 cm³/mol. The Morgan fingerprint density at radius 1 is 1.46 bits per heavy atom. The van der Waals surface area contributed by atoms with Gasteiger partial charge in [0, 0.05) is 5.75 Å². The number of rotatable bonds is 5. The van der Waals surface area contributed by atoms with Crippen LogP contribution in [0.15, 0.2) is 0 Å². The molecule has 0 aromatic heterocycles. The number of amidine groups is 1. The molecule has 0 saturated heterocycles. The standard InChI is InChI=1S/C6H10N2O4S/c7-6(8)13-2-3(5(11)12)1-4(9)10/h3H,1-2H2,(H3,7,8)(H,9,10)(H,11,12). The van der Waals surface area contributed by atoms with Crippen molar-refractivity contribution in [3.8, 4) is 0 Å². The number of hydrogen-bond acceptors (Lipinski definition) is 4. The van der Waals surface area contributed by atoms with Gasteiger partial charge in [-0.1, -0.05) is 11.8 Å². The molecule has 0 aromatic carbocycles. The zero-order valence-corrected chi connectivity index (χ0v) is 7.50. The molecule has 0 saturated carbocycles. The summed E-state index contributed by atoms with van der Waals surface area (Å²) in [4.78, 5) is 20.7. The lowest BCUT2D eigenvalue weighted by atomic mass is 10.1. The van der Waals surface area contributed by atoms with Gasteiger partial charge in [0.05, 0.1) is 12.3 Å². The monoisotopic (exact) mass is 206 g/mol. The molecular weight excluding hydrogens is 196 g/mol. The van der Waals surface area contributed by atoms with E-state index in [1.807, 2.05) is 0 Å². The zero-order valence-electron chi connectivity index (χ0n) is 6.69. The summed E-state index contributed by atoms with van der Waals surface area (Å²) < 4.78 is 0. The Morgan fingerprint density at radius 2 is 2.00 bits per heavy atom. The van der Waals surface area contributed by atoms with Gasteiger partial charge >= 0.3 is 11.9 Å². The number of carboxylic acids is 2. The fraction of sp³-hybridized carbons (Fsp3) is 0.500. The van der Waals surface area contributed by atoms with Crippen LogP contribution in [0.2, 0.25) is 0 Å². The van der Waals surface area contributed by atoms with Crippen LogP contribution in [0.1, 0.15) is 6.42 Å². The zero-order chi connectivity index (χ0) is 10.4. The van der Waals surface area contributed by atoms with Gasteiger partial charge in [-0.2, -0.15) is 0 Å². The van der Waals surface area contributed by atoms with E-state index in [0.29, 0.717) is 0 Å². The van der Waals surface area contributed by atoms with Crippen molar-refractivity contribution in [2.24, 2.45) is 11.7 Å². The molecule has 0 amide bonds. The van der Waals surface area contributed by atoms with Gasteiger partial charge in [0.15, 0.2) is 5.17 Å². The molecule has 0 aliphatic rings. The van der Waals surface area contributed by atoms with Gasteiger partial charge in [-0.05, 0) is 0 Å². The summed E-state index contributed by atoms with van der Waals surface area (Å²) in [7, 11) is 0. The molecule has 0 radical (unpaired) electrons. The number of carbonyl (C=O) groups is 2. The lowest BCUT2D eigenvalue weighted by Crippen LogP contribution is -2.21. The molecule has 6 nitrogen and oxygen atoms in total. The van der Waals surface area contributed by atoms with Crippen LogP contribution in [0.4, 0.5) is 0 Å². The highest BCUT2D eigenvalue weighted by Crippen LogP contribution is 2.12. The second-order valence-corrected chi connectivity index (χ2v) is 3.37. The molecule has 1 atom stereocenters. The molecular formula is C6H10N2O4S. The van der Waals surface area contributed by atoms with E-state index in [0.717, 1.165) is 11.8 Å². The Bertz CT molecular complexity index is 231. The molecule has 0 aromatic rings. The minimum absolute atomic E-state index is 0.0109. The molecule has 5 N–H and O–H groups in total. The highest BCUT2D eigenvalue weighted by Gasteiger charge is 2.21. The van der Waals surface area contributed by atoms with E-state index in [1.165, 1.54) is 0 Å². The minimum atomic E-state index is -1.18. The first kappa shape index (κ1) is 11.8. The van der Waals surface area contributed by atoms with Crippen LogP contribution in [0.5, 0.6) is 0 Å². The number of nitrogens with two attached hydrogens (primary N) is 1. The molecule has 0 bridgehead atoms. The van der Waals surface area contributed by atoms with E-state index in [4.69, 9.17) is 21.4 Å². The lowest BCUT2D eigenvalue weighted by molar-refractivity contribution is -0.147. The van der Waals surface area contributed by atoms with Gasteiger partial charge < -0.3 is 15.9 Å². The van der Waals surface area contributed by atoms with Crippen molar-refractivity contribution in [2.75, 3.05) is 5.75 Å². The number of nitrogens with one attached hydrogen (secondary N) is 1. The maximum atomic E-state index is 10.5. The maximum Gasteiger partial charge on any atom is 0.307 e. The fourth-order valence-corrected chi connectivity index (χ4v) is 1.26. The van der Waals surface area contributed by atoms with Gasteiger partial charge in [0.25, 0.3) is 0 Å². The van der Waals surface area contributed by atoms with Gasteiger partial charge in [0.1, 0.15) is 0 Å². The second kappa shape index (κ2) is 5.41. The van der Waals surface area contributed by atoms with E-state index in [1.54, 1.807) is 0 Å². The van der Waals surface area contributed by atoms with Crippen LogP contribution < -0.4 is 5.73 Å². The van der Waals surface area contributed by atoms with Crippen molar-refractivity contribution in [1.29, 1.82) is 5.41 Å². The summed E-state index contributed by atoms with van der Waals surface area (Å²) in [5, 5.41) is 23.5. The van der Waals surface area contributed by atoms with E-state index < -0.39 is 24.3 Å². The summed E-state index contributed by atoms with van der Waals surface area (Å²) in [5.74, 6) is -3.34. The third-order valence-electron chi connectivity index (χ3n) is 1.21. The summed E-state index contributed by atoms with van der Waals surface area (Å²) in [6.45, 7) is 0. The average Bonchev–Trinajstić information content (AvgIpc) is 1.96. The van der Waals surface area contributed by atoms with E-state index in [-0.39, 0.29) is 10.9 Å². The summed E-state index contributed by atoms with van der Waals surface area (Å²) >= 11 is 0.827. The summed E-state index contributed by atoms with van der Waals surface area (Å²) in [6.07, 6.45) is -0.449. The van der Waals surface area contributed by atoms with E-state index in [2.05, 4.69) is 0 Å². The molecule has 74 valence electrons. The Balaban J connectivity index is 4.02. The molecule has 7 heteroatoms. The van der Waals surface area contributed by atoms with Crippen LogP contribution in [-0.4, -0.2) is 33.1 Å². The number of thioether (sulfide) groups is 1. The molecule has 0 aliphatic heterocycles. The Labute approximate surface area is 78.6 Å². The first-order valence-corrected chi connectivity index (χ1v) is 4.33. The topological polar surface area (TPSA) is 124 Å². The van der Waals surface area contributed by atoms with Crippen molar-refractivity contribution in [3.05, 3.63) is 0 Å². The fourth-order valence-electron chi connectivity index (χ4n) is 0.619. The van der Waals surface area contributed by atoms with Crippen LogP contribution in [0.25, 0.3) is 0 Å². The van der Waals surface area contributed by atoms with Crippen LogP contribution >= 0.6 is 11.8 Å². The van der Waals surface area contributed by atoms with Gasteiger partial charge in [-0.15, -0.1) is 0 Å². The van der Waals surface area contributed by atoms with Gasteiger partial charge in [0.2, 0.25) is 0 Å². The number of hydrogen-bond donors (Lipinski definition) is 4. The van der Waals surface area contributed by atoms with Crippen LogP contribution in [0.3, 0.4) is 0 Å². The predicted octanol–water partition coefficient (Wildman–Crippen LogP) is -0.211. The first-order chi connectivity index (χ1) is 5.93. The SMILES string of the molecule is N=C(N)SCC(CC(=O)O)C(=O)O. The highest BCUT2D eigenvalue weighted by molar-refractivity contribution is 8.13. The average molecular weight is 206 g/mol.